The Bertz CT molecular complexity index is 515. The second-order valence-corrected chi connectivity index (χ2v) is 7.93. The summed E-state index contributed by atoms with van der Waals surface area (Å²) in [5, 5.41) is 3.32. The molecule has 0 spiro atoms. The van der Waals surface area contributed by atoms with E-state index in [1.54, 1.807) is 18.5 Å². The van der Waals surface area contributed by atoms with Crippen LogP contribution in [0.1, 0.15) is 12.8 Å². The van der Waals surface area contributed by atoms with Gasteiger partial charge in [0.2, 0.25) is 10.0 Å². The Hall–Kier alpha value is -0.170. The van der Waals surface area contributed by atoms with Gasteiger partial charge in [-0.15, -0.1) is 24.0 Å². The second-order valence-electron chi connectivity index (χ2n) is 5.99. The second kappa shape index (κ2) is 10.1. The Morgan fingerprint density at radius 2 is 2.17 bits per heavy atom. The largest absolute Gasteiger partial charge is 0.382 e. The number of nitrogens with zero attached hydrogens (tertiary/aromatic N) is 3. The minimum atomic E-state index is -3.14. The SMILES string of the molecule is CN=C(NC[C@H]1CCCN1S(C)(=O)=O)N1CCOC(COC)C1.I. The first kappa shape index (κ1) is 21.9. The average Bonchev–Trinajstić information content (AvgIpc) is 2.97. The molecule has 0 radical (unpaired) electrons. The van der Waals surface area contributed by atoms with Gasteiger partial charge in [-0.2, -0.15) is 4.31 Å². The predicted molar refractivity (Wildman–Crippen MR) is 105 cm³/mol. The van der Waals surface area contributed by atoms with Gasteiger partial charge in [0.25, 0.3) is 0 Å². The summed E-state index contributed by atoms with van der Waals surface area (Å²) in [7, 11) is 0.260. The van der Waals surface area contributed by atoms with Crippen molar-refractivity contribution >= 4 is 40.0 Å². The Morgan fingerprint density at radius 3 is 2.79 bits per heavy atom. The molecule has 0 aromatic carbocycles. The highest BCUT2D eigenvalue weighted by Gasteiger charge is 2.32. The molecule has 2 aliphatic rings. The third-order valence-electron chi connectivity index (χ3n) is 4.25. The van der Waals surface area contributed by atoms with Crippen LogP contribution in [-0.2, 0) is 19.5 Å². The van der Waals surface area contributed by atoms with Crippen molar-refractivity contribution < 1.29 is 17.9 Å². The molecule has 24 heavy (non-hydrogen) atoms. The zero-order valence-corrected chi connectivity index (χ0v) is 17.7. The molecule has 0 aromatic rings. The summed E-state index contributed by atoms with van der Waals surface area (Å²) in [4.78, 5) is 6.45. The summed E-state index contributed by atoms with van der Waals surface area (Å²) >= 11 is 0. The summed E-state index contributed by atoms with van der Waals surface area (Å²) in [6.07, 6.45) is 3.10. The van der Waals surface area contributed by atoms with Crippen LogP contribution < -0.4 is 5.32 Å². The lowest BCUT2D eigenvalue weighted by Crippen LogP contribution is -2.53. The van der Waals surface area contributed by atoms with E-state index in [0.717, 1.165) is 25.3 Å². The zero-order chi connectivity index (χ0) is 16.9. The van der Waals surface area contributed by atoms with Crippen LogP contribution in [0.4, 0.5) is 0 Å². The maximum absolute atomic E-state index is 11.8. The third kappa shape index (κ3) is 5.97. The molecule has 0 amide bonds. The van der Waals surface area contributed by atoms with Gasteiger partial charge in [-0.3, -0.25) is 4.99 Å². The quantitative estimate of drug-likeness (QED) is 0.341. The topological polar surface area (TPSA) is 83.5 Å². The third-order valence-corrected chi connectivity index (χ3v) is 5.58. The number of morpholine rings is 1. The molecule has 1 N–H and O–H groups in total. The average molecular weight is 476 g/mol. The Balaban J connectivity index is 0.00000288. The predicted octanol–water partition coefficient (Wildman–Crippen LogP) is -0.0490. The van der Waals surface area contributed by atoms with Crippen molar-refractivity contribution in [1.29, 1.82) is 0 Å². The molecule has 0 aromatic heterocycles. The number of sulfonamides is 1. The molecule has 1 unspecified atom stereocenters. The molecular weight excluding hydrogens is 447 g/mol. The molecular formula is C14H29IN4O4S. The van der Waals surface area contributed by atoms with Gasteiger partial charge < -0.3 is 19.7 Å². The van der Waals surface area contributed by atoms with E-state index < -0.39 is 10.0 Å². The van der Waals surface area contributed by atoms with E-state index in [4.69, 9.17) is 9.47 Å². The van der Waals surface area contributed by atoms with E-state index in [-0.39, 0.29) is 36.1 Å². The van der Waals surface area contributed by atoms with Crippen molar-refractivity contribution in [2.24, 2.45) is 4.99 Å². The van der Waals surface area contributed by atoms with Gasteiger partial charge in [-0.05, 0) is 12.8 Å². The molecule has 2 saturated heterocycles. The van der Waals surface area contributed by atoms with Crippen LogP contribution in [0.2, 0.25) is 0 Å². The number of methoxy groups -OCH3 is 1. The smallest absolute Gasteiger partial charge is 0.211 e. The summed E-state index contributed by atoms with van der Waals surface area (Å²) in [5.41, 5.74) is 0. The van der Waals surface area contributed by atoms with Gasteiger partial charge in [0.1, 0.15) is 0 Å². The van der Waals surface area contributed by atoms with E-state index in [1.807, 2.05) is 0 Å². The van der Waals surface area contributed by atoms with Crippen LogP contribution in [0, 0.1) is 0 Å². The molecule has 8 nitrogen and oxygen atoms in total. The molecule has 2 heterocycles. The molecule has 142 valence electrons. The summed E-state index contributed by atoms with van der Waals surface area (Å²) < 4.78 is 36.0. The van der Waals surface area contributed by atoms with Gasteiger partial charge >= 0.3 is 0 Å². The lowest BCUT2D eigenvalue weighted by molar-refractivity contribution is -0.0447. The maximum Gasteiger partial charge on any atom is 0.211 e. The van der Waals surface area contributed by atoms with E-state index in [2.05, 4.69) is 15.2 Å². The fourth-order valence-corrected chi connectivity index (χ4v) is 4.37. The maximum atomic E-state index is 11.8. The zero-order valence-electron chi connectivity index (χ0n) is 14.6. The number of nitrogens with one attached hydrogen (secondary N) is 1. The highest BCUT2D eigenvalue weighted by Crippen LogP contribution is 2.19. The highest BCUT2D eigenvalue weighted by atomic mass is 127. The van der Waals surface area contributed by atoms with E-state index >= 15 is 0 Å². The van der Waals surface area contributed by atoms with E-state index in [9.17, 15) is 8.42 Å². The van der Waals surface area contributed by atoms with E-state index in [0.29, 0.717) is 32.8 Å². The first-order chi connectivity index (χ1) is 11.0. The van der Waals surface area contributed by atoms with Crippen molar-refractivity contribution in [3.05, 3.63) is 0 Å². The van der Waals surface area contributed by atoms with Crippen LogP contribution in [0.15, 0.2) is 4.99 Å². The van der Waals surface area contributed by atoms with Crippen LogP contribution >= 0.6 is 24.0 Å². The molecule has 2 atom stereocenters. The minimum Gasteiger partial charge on any atom is -0.382 e. The van der Waals surface area contributed by atoms with Crippen molar-refractivity contribution in [3.8, 4) is 0 Å². The van der Waals surface area contributed by atoms with Crippen molar-refractivity contribution in [1.82, 2.24) is 14.5 Å². The Labute approximate surface area is 162 Å². The molecule has 0 bridgehead atoms. The summed E-state index contributed by atoms with van der Waals surface area (Å²) in [6, 6.07) is -0.00226. The number of hydrogen-bond acceptors (Lipinski definition) is 5. The van der Waals surface area contributed by atoms with Gasteiger partial charge in [-0.25, -0.2) is 8.42 Å². The van der Waals surface area contributed by atoms with Crippen molar-refractivity contribution in [2.75, 3.05) is 59.8 Å². The molecule has 0 saturated carbocycles. The van der Waals surface area contributed by atoms with Crippen LogP contribution in [0.25, 0.3) is 0 Å². The van der Waals surface area contributed by atoms with Gasteiger partial charge in [0.15, 0.2) is 5.96 Å². The minimum absolute atomic E-state index is 0. The number of aliphatic imine (C=N–C) groups is 1. The Morgan fingerprint density at radius 1 is 1.42 bits per heavy atom. The number of rotatable bonds is 5. The van der Waals surface area contributed by atoms with Gasteiger partial charge in [0, 0.05) is 46.4 Å². The molecule has 2 fully saturated rings. The number of hydrogen-bond donors (Lipinski definition) is 1. The van der Waals surface area contributed by atoms with Gasteiger partial charge in [0.05, 0.1) is 25.6 Å². The summed E-state index contributed by atoms with van der Waals surface area (Å²) in [5.74, 6) is 0.787. The number of guanidine groups is 1. The molecule has 2 rings (SSSR count). The van der Waals surface area contributed by atoms with E-state index in [1.165, 1.54) is 6.26 Å². The Kier molecular flexibility index (Phi) is 9.20. The first-order valence-corrected chi connectivity index (χ1v) is 9.83. The van der Waals surface area contributed by atoms with Crippen LogP contribution in [-0.4, -0.2) is 95.5 Å². The van der Waals surface area contributed by atoms with Crippen LogP contribution in [0.3, 0.4) is 0 Å². The van der Waals surface area contributed by atoms with Gasteiger partial charge in [-0.1, -0.05) is 0 Å². The lowest BCUT2D eigenvalue weighted by Gasteiger charge is -2.35. The van der Waals surface area contributed by atoms with Crippen molar-refractivity contribution in [2.45, 2.75) is 25.0 Å². The standard InChI is InChI=1S/C14H28N4O4S.HI/c1-15-14(17-7-8-22-13(10-17)11-21-2)16-9-12-5-4-6-18(12)23(3,19)20;/h12-13H,4-11H2,1-3H3,(H,15,16);1H/t12-,13?;/m1./s1. The molecule has 10 heteroatoms. The molecule has 0 aliphatic carbocycles. The number of halogens is 1. The first-order valence-electron chi connectivity index (χ1n) is 7.98. The van der Waals surface area contributed by atoms with Crippen LogP contribution in [0.5, 0.6) is 0 Å². The number of ether oxygens (including phenoxy) is 2. The highest BCUT2D eigenvalue weighted by molar-refractivity contribution is 14.0. The normalized spacial score (nSPS) is 26.3. The fraction of sp³-hybridized carbons (Fsp3) is 0.929. The lowest BCUT2D eigenvalue weighted by atomic mass is 10.2. The van der Waals surface area contributed by atoms with Crippen molar-refractivity contribution in [3.63, 3.8) is 0 Å². The summed E-state index contributed by atoms with van der Waals surface area (Å²) in [6.45, 7) is 3.85. The fourth-order valence-electron chi connectivity index (χ4n) is 3.19. The monoisotopic (exact) mass is 476 g/mol. The molecule has 2 aliphatic heterocycles.